The molecule has 2 aliphatic rings. The zero-order valence-corrected chi connectivity index (χ0v) is 18.2. The van der Waals surface area contributed by atoms with Crippen LogP contribution in [0.2, 0.25) is 0 Å². The van der Waals surface area contributed by atoms with Gasteiger partial charge < -0.3 is 14.5 Å². The van der Waals surface area contributed by atoms with Crippen molar-refractivity contribution in [1.29, 1.82) is 0 Å². The summed E-state index contributed by atoms with van der Waals surface area (Å²) >= 11 is 0. The molecular weight excluding hydrogens is 374 g/mol. The van der Waals surface area contributed by atoms with Crippen LogP contribution in [0.15, 0.2) is 48.8 Å². The Labute approximate surface area is 180 Å². The predicted molar refractivity (Wildman–Crippen MR) is 119 cm³/mol. The van der Waals surface area contributed by atoms with Crippen molar-refractivity contribution in [2.75, 3.05) is 26.2 Å². The van der Waals surface area contributed by atoms with E-state index in [9.17, 15) is 4.79 Å². The number of carbonyl (C=O) groups excluding carboxylic acids is 1. The molecule has 0 spiro atoms. The number of piperidine rings is 2. The van der Waals surface area contributed by atoms with E-state index >= 15 is 0 Å². The Kier molecular flexibility index (Phi) is 6.68. The molecule has 0 aliphatic carbocycles. The Morgan fingerprint density at radius 3 is 2.30 bits per heavy atom. The van der Waals surface area contributed by atoms with E-state index < -0.39 is 0 Å². The Hall–Kier alpha value is -2.40. The summed E-state index contributed by atoms with van der Waals surface area (Å²) in [5.74, 6) is 1.58. The molecule has 0 unspecified atom stereocenters. The predicted octanol–water partition coefficient (Wildman–Crippen LogP) is 4.35. The molecule has 1 aromatic heterocycles. The van der Waals surface area contributed by atoms with Crippen molar-refractivity contribution in [3.63, 3.8) is 0 Å². The van der Waals surface area contributed by atoms with Crippen molar-refractivity contribution < 1.29 is 9.53 Å². The first-order valence-electron chi connectivity index (χ1n) is 11.3. The molecule has 1 aromatic carbocycles. The zero-order chi connectivity index (χ0) is 20.9. The highest BCUT2D eigenvalue weighted by molar-refractivity contribution is 5.93. The molecule has 160 valence electrons. The Morgan fingerprint density at radius 1 is 1.00 bits per heavy atom. The van der Waals surface area contributed by atoms with Crippen molar-refractivity contribution in [3.8, 4) is 5.75 Å². The highest BCUT2D eigenvalue weighted by Crippen LogP contribution is 2.30. The van der Waals surface area contributed by atoms with Crippen LogP contribution >= 0.6 is 0 Å². The highest BCUT2D eigenvalue weighted by atomic mass is 16.5. The second-order valence-corrected chi connectivity index (χ2v) is 8.82. The Morgan fingerprint density at radius 2 is 1.70 bits per heavy atom. The van der Waals surface area contributed by atoms with E-state index in [1.165, 1.54) is 5.56 Å². The third-order valence-corrected chi connectivity index (χ3v) is 6.55. The lowest BCUT2D eigenvalue weighted by Crippen LogP contribution is -2.41. The van der Waals surface area contributed by atoms with E-state index in [1.54, 1.807) is 12.4 Å². The van der Waals surface area contributed by atoms with E-state index in [-0.39, 0.29) is 5.91 Å². The van der Waals surface area contributed by atoms with Crippen molar-refractivity contribution in [1.82, 2.24) is 14.8 Å². The summed E-state index contributed by atoms with van der Waals surface area (Å²) in [4.78, 5) is 21.1. The van der Waals surface area contributed by atoms with E-state index in [4.69, 9.17) is 4.74 Å². The van der Waals surface area contributed by atoms with Crippen molar-refractivity contribution in [2.45, 2.75) is 57.6 Å². The third-order valence-electron chi connectivity index (χ3n) is 6.55. The number of amides is 1. The van der Waals surface area contributed by atoms with E-state index in [0.717, 1.165) is 57.6 Å². The van der Waals surface area contributed by atoms with E-state index in [0.29, 0.717) is 23.6 Å². The molecule has 30 heavy (non-hydrogen) atoms. The zero-order valence-electron chi connectivity index (χ0n) is 18.2. The second-order valence-electron chi connectivity index (χ2n) is 8.82. The molecule has 2 aliphatic heterocycles. The summed E-state index contributed by atoms with van der Waals surface area (Å²) in [6.07, 6.45) is 7.88. The number of benzene rings is 1. The van der Waals surface area contributed by atoms with E-state index in [2.05, 4.69) is 48.0 Å². The van der Waals surface area contributed by atoms with Crippen LogP contribution in [0.25, 0.3) is 0 Å². The molecule has 2 fully saturated rings. The summed E-state index contributed by atoms with van der Waals surface area (Å²) < 4.78 is 6.24. The van der Waals surface area contributed by atoms with Gasteiger partial charge in [0.2, 0.25) is 0 Å². The maximum Gasteiger partial charge on any atom is 0.255 e. The molecule has 0 saturated carbocycles. The number of ether oxygens (including phenoxy) is 1. The molecule has 2 saturated heterocycles. The minimum Gasteiger partial charge on any atom is -0.490 e. The van der Waals surface area contributed by atoms with Gasteiger partial charge in [0.25, 0.3) is 5.91 Å². The standard InChI is InChI=1S/C25H33N3O2/c1-19(2)27-16-11-24(12-17-27)30-23-7-5-20(6-8-23)21-9-14-28(15-10-21)25(29)22-4-3-13-26-18-22/h3-8,13,18-19,21,24H,9-12,14-17H2,1-2H3. The minimum atomic E-state index is 0.0915. The number of hydrogen-bond acceptors (Lipinski definition) is 4. The number of likely N-dealkylation sites (tertiary alicyclic amines) is 2. The van der Waals surface area contributed by atoms with Crippen LogP contribution in [-0.4, -0.2) is 59.0 Å². The molecule has 0 N–H and O–H groups in total. The minimum absolute atomic E-state index is 0.0915. The van der Waals surface area contributed by atoms with Gasteiger partial charge in [0.15, 0.2) is 0 Å². The molecule has 5 nitrogen and oxygen atoms in total. The van der Waals surface area contributed by atoms with Crippen molar-refractivity contribution >= 4 is 5.91 Å². The maximum absolute atomic E-state index is 12.6. The maximum atomic E-state index is 12.6. The lowest BCUT2D eigenvalue weighted by atomic mass is 9.89. The fourth-order valence-electron chi connectivity index (χ4n) is 4.61. The largest absolute Gasteiger partial charge is 0.490 e. The normalized spacial score (nSPS) is 19.2. The molecule has 3 heterocycles. The van der Waals surface area contributed by atoms with Gasteiger partial charge in [-0.25, -0.2) is 0 Å². The first kappa shape index (κ1) is 20.9. The number of carbonyl (C=O) groups is 1. The second kappa shape index (κ2) is 9.61. The summed E-state index contributed by atoms with van der Waals surface area (Å²) in [6, 6.07) is 12.9. The summed E-state index contributed by atoms with van der Waals surface area (Å²) in [7, 11) is 0. The van der Waals surface area contributed by atoms with Gasteiger partial charge in [-0.05, 0) is 75.3 Å². The molecule has 5 heteroatoms. The molecule has 2 aromatic rings. The van der Waals surface area contributed by atoms with Crippen molar-refractivity contribution in [2.24, 2.45) is 0 Å². The topological polar surface area (TPSA) is 45.7 Å². The average molecular weight is 408 g/mol. The van der Waals surface area contributed by atoms with Crippen LogP contribution < -0.4 is 4.74 Å². The van der Waals surface area contributed by atoms with Gasteiger partial charge in [-0.3, -0.25) is 9.78 Å². The number of aromatic nitrogens is 1. The monoisotopic (exact) mass is 407 g/mol. The van der Waals surface area contributed by atoms with Crippen LogP contribution in [0.1, 0.15) is 61.4 Å². The Bertz CT molecular complexity index is 806. The quantitative estimate of drug-likeness (QED) is 0.739. The van der Waals surface area contributed by atoms with Gasteiger partial charge in [-0.1, -0.05) is 12.1 Å². The summed E-state index contributed by atoms with van der Waals surface area (Å²) in [6.45, 7) is 8.36. The number of rotatable bonds is 5. The van der Waals surface area contributed by atoms with Gasteiger partial charge >= 0.3 is 0 Å². The van der Waals surface area contributed by atoms with E-state index in [1.807, 2.05) is 17.0 Å². The smallest absolute Gasteiger partial charge is 0.255 e. The molecule has 0 atom stereocenters. The number of hydrogen-bond donors (Lipinski definition) is 0. The Balaban J connectivity index is 1.26. The molecule has 0 bridgehead atoms. The van der Waals surface area contributed by atoms with Gasteiger partial charge in [0.1, 0.15) is 11.9 Å². The van der Waals surface area contributed by atoms with Gasteiger partial charge in [0, 0.05) is 44.6 Å². The fraction of sp³-hybridized carbons (Fsp3) is 0.520. The number of pyridine rings is 1. The lowest BCUT2D eigenvalue weighted by molar-refractivity contribution is 0.0712. The number of nitrogens with zero attached hydrogens (tertiary/aromatic N) is 3. The molecular formula is C25H33N3O2. The van der Waals surface area contributed by atoms with Gasteiger partial charge in [-0.15, -0.1) is 0 Å². The van der Waals surface area contributed by atoms with Crippen LogP contribution in [0, 0.1) is 0 Å². The van der Waals surface area contributed by atoms with Crippen LogP contribution in [0.5, 0.6) is 5.75 Å². The van der Waals surface area contributed by atoms with Gasteiger partial charge in [-0.2, -0.15) is 0 Å². The third kappa shape index (κ3) is 5.01. The van der Waals surface area contributed by atoms with Crippen LogP contribution in [-0.2, 0) is 0 Å². The summed E-state index contributed by atoms with van der Waals surface area (Å²) in [5, 5.41) is 0. The summed E-state index contributed by atoms with van der Waals surface area (Å²) in [5.41, 5.74) is 2.03. The van der Waals surface area contributed by atoms with Crippen LogP contribution in [0.3, 0.4) is 0 Å². The van der Waals surface area contributed by atoms with Crippen molar-refractivity contribution in [3.05, 3.63) is 59.9 Å². The lowest BCUT2D eigenvalue weighted by Gasteiger charge is -2.34. The molecule has 0 radical (unpaired) electrons. The highest BCUT2D eigenvalue weighted by Gasteiger charge is 2.25. The first-order chi connectivity index (χ1) is 14.6. The molecule has 4 rings (SSSR count). The SMILES string of the molecule is CC(C)N1CCC(Oc2ccc(C3CCN(C(=O)c4cccnc4)CC3)cc2)CC1. The fourth-order valence-corrected chi connectivity index (χ4v) is 4.61. The van der Waals surface area contributed by atoms with Crippen LogP contribution in [0.4, 0.5) is 0 Å². The van der Waals surface area contributed by atoms with Gasteiger partial charge in [0.05, 0.1) is 5.56 Å². The first-order valence-corrected chi connectivity index (χ1v) is 11.3. The average Bonchev–Trinajstić information content (AvgIpc) is 2.80. The molecule has 1 amide bonds.